The molecule has 1 amide bonds. The van der Waals surface area contributed by atoms with Crippen LogP contribution in [-0.4, -0.2) is 17.7 Å². The SMILES string of the molecule is CCC=CCC(=O)NCO. The first-order chi connectivity index (χ1) is 4.81. The Kier molecular flexibility index (Phi) is 5.77. The van der Waals surface area contributed by atoms with Crippen molar-refractivity contribution in [3.63, 3.8) is 0 Å². The average molecular weight is 143 g/mol. The van der Waals surface area contributed by atoms with E-state index in [2.05, 4.69) is 5.32 Å². The predicted molar refractivity (Wildman–Crippen MR) is 39.3 cm³/mol. The van der Waals surface area contributed by atoms with Crippen LogP contribution in [0.2, 0.25) is 0 Å². The topological polar surface area (TPSA) is 49.3 Å². The van der Waals surface area contributed by atoms with Crippen LogP contribution in [0.25, 0.3) is 0 Å². The van der Waals surface area contributed by atoms with Gasteiger partial charge in [-0.3, -0.25) is 4.79 Å². The molecule has 3 heteroatoms. The summed E-state index contributed by atoms with van der Waals surface area (Å²) in [7, 11) is 0. The van der Waals surface area contributed by atoms with E-state index in [1.54, 1.807) is 6.08 Å². The minimum atomic E-state index is -0.279. The molecule has 0 spiro atoms. The number of allylic oxidation sites excluding steroid dienone is 1. The van der Waals surface area contributed by atoms with Crippen LogP contribution in [0.3, 0.4) is 0 Å². The third kappa shape index (κ3) is 5.31. The number of rotatable bonds is 4. The molecule has 0 aliphatic rings. The second-order valence-electron chi connectivity index (χ2n) is 1.84. The molecule has 58 valence electrons. The summed E-state index contributed by atoms with van der Waals surface area (Å²) in [5, 5.41) is 10.5. The molecule has 0 unspecified atom stereocenters. The first-order valence-electron chi connectivity index (χ1n) is 3.33. The van der Waals surface area contributed by atoms with Gasteiger partial charge in [-0.05, 0) is 6.42 Å². The smallest absolute Gasteiger partial charge is 0.225 e. The van der Waals surface area contributed by atoms with E-state index in [0.717, 1.165) is 6.42 Å². The van der Waals surface area contributed by atoms with E-state index in [-0.39, 0.29) is 12.6 Å². The average Bonchev–Trinajstić information content (AvgIpc) is 1.89. The van der Waals surface area contributed by atoms with Crippen molar-refractivity contribution in [3.05, 3.63) is 12.2 Å². The normalized spacial score (nSPS) is 10.2. The van der Waals surface area contributed by atoms with E-state index in [1.807, 2.05) is 13.0 Å². The van der Waals surface area contributed by atoms with Gasteiger partial charge in [-0.2, -0.15) is 0 Å². The van der Waals surface area contributed by atoms with Crippen LogP contribution in [0.15, 0.2) is 12.2 Å². The maximum Gasteiger partial charge on any atom is 0.225 e. The van der Waals surface area contributed by atoms with Crippen molar-refractivity contribution in [2.75, 3.05) is 6.73 Å². The summed E-state index contributed by atoms with van der Waals surface area (Å²) in [6.07, 6.45) is 4.99. The predicted octanol–water partition coefficient (Wildman–Crippen LogP) is 0.409. The van der Waals surface area contributed by atoms with Crippen molar-refractivity contribution in [1.82, 2.24) is 5.32 Å². The third-order valence-corrected chi connectivity index (χ3v) is 0.982. The Morgan fingerprint density at radius 1 is 1.60 bits per heavy atom. The van der Waals surface area contributed by atoms with Crippen molar-refractivity contribution in [2.45, 2.75) is 19.8 Å². The minimum Gasteiger partial charge on any atom is -0.377 e. The van der Waals surface area contributed by atoms with Gasteiger partial charge in [-0.1, -0.05) is 19.1 Å². The Morgan fingerprint density at radius 2 is 2.30 bits per heavy atom. The summed E-state index contributed by atoms with van der Waals surface area (Å²) in [6, 6.07) is 0. The van der Waals surface area contributed by atoms with Gasteiger partial charge in [-0.15, -0.1) is 0 Å². The van der Waals surface area contributed by atoms with Crippen molar-refractivity contribution >= 4 is 5.91 Å². The monoisotopic (exact) mass is 143 g/mol. The number of aliphatic hydroxyl groups excluding tert-OH is 1. The van der Waals surface area contributed by atoms with Gasteiger partial charge in [0.1, 0.15) is 6.73 Å². The van der Waals surface area contributed by atoms with E-state index in [0.29, 0.717) is 6.42 Å². The highest BCUT2D eigenvalue weighted by molar-refractivity contribution is 5.77. The molecule has 0 aromatic carbocycles. The number of hydrogen-bond donors (Lipinski definition) is 2. The van der Waals surface area contributed by atoms with Crippen LogP contribution in [0.5, 0.6) is 0 Å². The molecule has 0 aliphatic heterocycles. The Hall–Kier alpha value is -0.830. The second kappa shape index (κ2) is 6.29. The number of carbonyl (C=O) groups excluding carboxylic acids is 1. The number of aliphatic hydroxyl groups is 1. The van der Waals surface area contributed by atoms with Gasteiger partial charge in [0.05, 0.1) is 0 Å². The van der Waals surface area contributed by atoms with Crippen molar-refractivity contribution in [1.29, 1.82) is 0 Å². The number of nitrogens with one attached hydrogen (secondary N) is 1. The Morgan fingerprint density at radius 3 is 2.80 bits per heavy atom. The minimum absolute atomic E-state index is 0.146. The molecule has 0 saturated carbocycles. The molecule has 2 N–H and O–H groups in total. The number of carbonyl (C=O) groups is 1. The van der Waals surface area contributed by atoms with Crippen LogP contribution < -0.4 is 5.32 Å². The Labute approximate surface area is 60.7 Å². The third-order valence-electron chi connectivity index (χ3n) is 0.982. The lowest BCUT2D eigenvalue weighted by molar-refractivity contribution is -0.121. The lowest BCUT2D eigenvalue weighted by Crippen LogP contribution is -2.22. The lowest BCUT2D eigenvalue weighted by Gasteiger charge is -1.95. The first-order valence-corrected chi connectivity index (χ1v) is 3.33. The summed E-state index contributed by atoms with van der Waals surface area (Å²) in [5.74, 6) is -0.146. The fraction of sp³-hybridized carbons (Fsp3) is 0.571. The molecule has 0 fully saturated rings. The number of hydrogen-bond acceptors (Lipinski definition) is 2. The highest BCUT2D eigenvalue weighted by Crippen LogP contribution is 1.85. The molecular weight excluding hydrogens is 130 g/mol. The van der Waals surface area contributed by atoms with Crippen molar-refractivity contribution in [2.24, 2.45) is 0 Å². The zero-order valence-electron chi connectivity index (χ0n) is 6.13. The second-order valence-corrected chi connectivity index (χ2v) is 1.84. The zero-order valence-corrected chi connectivity index (χ0v) is 6.13. The molecule has 10 heavy (non-hydrogen) atoms. The molecule has 0 heterocycles. The Balaban J connectivity index is 3.30. The molecule has 0 atom stereocenters. The van der Waals surface area contributed by atoms with Gasteiger partial charge >= 0.3 is 0 Å². The zero-order chi connectivity index (χ0) is 7.82. The molecule has 0 saturated heterocycles. The summed E-state index contributed by atoms with van der Waals surface area (Å²) >= 11 is 0. The van der Waals surface area contributed by atoms with Gasteiger partial charge in [-0.25, -0.2) is 0 Å². The molecule has 0 rings (SSSR count). The fourth-order valence-electron chi connectivity index (χ4n) is 0.517. The molecular formula is C7H13NO2. The van der Waals surface area contributed by atoms with Crippen molar-refractivity contribution < 1.29 is 9.90 Å². The quantitative estimate of drug-likeness (QED) is 0.442. The molecule has 0 radical (unpaired) electrons. The Bertz CT molecular complexity index is 121. The molecule has 0 bridgehead atoms. The van der Waals surface area contributed by atoms with Gasteiger partial charge in [0.25, 0.3) is 0 Å². The summed E-state index contributed by atoms with van der Waals surface area (Å²) in [4.78, 5) is 10.6. The summed E-state index contributed by atoms with van der Waals surface area (Å²) in [6.45, 7) is 1.72. The standard InChI is InChI=1S/C7H13NO2/c1-2-3-4-5-7(10)8-6-9/h3-4,9H,2,5-6H2,1H3,(H,8,10). The first kappa shape index (κ1) is 9.17. The van der Waals surface area contributed by atoms with Crippen LogP contribution in [0.1, 0.15) is 19.8 Å². The fourth-order valence-corrected chi connectivity index (χ4v) is 0.517. The van der Waals surface area contributed by atoms with Crippen LogP contribution in [-0.2, 0) is 4.79 Å². The van der Waals surface area contributed by atoms with Crippen LogP contribution in [0, 0.1) is 0 Å². The van der Waals surface area contributed by atoms with Gasteiger partial charge in [0.2, 0.25) is 5.91 Å². The highest BCUT2D eigenvalue weighted by Gasteiger charge is 1.92. The molecule has 0 aromatic rings. The van der Waals surface area contributed by atoms with E-state index in [9.17, 15) is 4.79 Å². The summed E-state index contributed by atoms with van der Waals surface area (Å²) in [5.41, 5.74) is 0. The molecule has 0 aliphatic carbocycles. The van der Waals surface area contributed by atoms with Gasteiger partial charge in [0, 0.05) is 6.42 Å². The molecule has 3 nitrogen and oxygen atoms in total. The van der Waals surface area contributed by atoms with E-state index < -0.39 is 0 Å². The maximum atomic E-state index is 10.6. The van der Waals surface area contributed by atoms with E-state index >= 15 is 0 Å². The number of amides is 1. The van der Waals surface area contributed by atoms with Crippen molar-refractivity contribution in [3.8, 4) is 0 Å². The molecule has 0 aromatic heterocycles. The summed E-state index contributed by atoms with van der Waals surface area (Å²) < 4.78 is 0. The maximum absolute atomic E-state index is 10.6. The van der Waals surface area contributed by atoms with E-state index in [4.69, 9.17) is 5.11 Å². The largest absolute Gasteiger partial charge is 0.377 e. The van der Waals surface area contributed by atoms with Crippen LogP contribution >= 0.6 is 0 Å². The lowest BCUT2D eigenvalue weighted by atomic mass is 10.3. The van der Waals surface area contributed by atoms with Gasteiger partial charge in [0.15, 0.2) is 0 Å². The van der Waals surface area contributed by atoms with E-state index in [1.165, 1.54) is 0 Å². The van der Waals surface area contributed by atoms with Gasteiger partial charge < -0.3 is 10.4 Å². The highest BCUT2D eigenvalue weighted by atomic mass is 16.3. The van der Waals surface area contributed by atoms with Crippen LogP contribution in [0.4, 0.5) is 0 Å².